The summed E-state index contributed by atoms with van der Waals surface area (Å²) >= 11 is 0. The molecule has 0 aliphatic heterocycles. The van der Waals surface area contributed by atoms with Gasteiger partial charge in [0, 0.05) is 12.6 Å². The molecule has 0 aromatic carbocycles. The first kappa shape index (κ1) is 9.33. The number of rotatable bonds is 4. The lowest BCUT2D eigenvalue weighted by Crippen LogP contribution is -2.06. The minimum atomic E-state index is -0.418. The van der Waals surface area contributed by atoms with E-state index in [4.69, 9.17) is 11.2 Å². The van der Waals surface area contributed by atoms with Crippen LogP contribution in [0, 0.1) is 12.3 Å². The van der Waals surface area contributed by atoms with Crippen molar-refractivity contribution in [1.29, 1.82) is 0 Å². The number of ether oxygens (including phenoxy) is 1. The molecule has 1 N–H and O–H groups in total. The summed E-state index contributed by atoms with van der Waals surface area (Å²) in [6.07, 6.45) is 7.91. The number of hydrogen-bond acceptors (Lipinski definition) is 3. The van der Waals surface area contributed by atoms with Crippen LogP contribution in [0.3, 0.4) is 0 Å². The summed E-state index contributed by atoms with van der Waals surface area (Å²) in [5, 5.41) is 6.20. The van der Waals surface area contributed by atoms with Gasteiger partial charge < -0.3 is 4.74 Å². The number of aromatic nitrogens is 2. The third kappa shape index (κ3) is 2.99. The highest BCUT2D eigenvalue weighted by Crippen LogP contribution is 1.97. The Morgan fingerprint density at radius 3 is 3.23 bits per heavy atom. The Kier molecular flexibility index (Phi) is 3.58. The third-order valence-corrected chi connectivity index (χ3v) is 1.41. The molecule has 0 unspecified atom stereocenters. The fourth-order valence-electron chi connectivity index (χ4n) is 0.787. The minimum absolute atomic E-state index is 0.292. The Hall–Kier alpha value is -1.76. The second kappa shape index (κ2) is 4.99. The summed E-state index contributed by atoms with van der Waals surface area (Å²) in [6, 6.07) is 1.56. The first-order chi connectivity index (χ1) is 6.34. The molecule has 0 saturated carbocycles. The predicted octanol–water partition coefficient (Wildman–Crippen LogP) is 0.980. The van der Waals surface area contributed by atoms with Crippen molar-refractivity contribution >= 4 is 5.97 Å². The summed E-state index contributed by atoms with van der Waals surface area (Å²) in [5.74, 6) is 2.04. The van der Waals surface area contributed by atoms with Crippen LogP contribution in [0.4, 0.5) is 0 Å². The Morgan fingerprint density at radius 2 is 2.62 bits per heavy atom. The van der Waals surface area contributed by atoms with Crippen LogP contribution in [0.2, 0.25) is 0 Å². The van der Waals surface area contributed by atoms with E-state index in [9.17, 15) is 4.79 Å². The molecule has 0 aliphatic rings. The molecule has 0 aliphatic carbocycles. The number of hydrogen-bond donors (Lipinski definition) is 1. The van der Waals surface area contributed by atoms with Crippen molar-refractivity contribution in [3.63, 3.8) is 0 Å². The Morgan fingerprint density at radius 1 is 1.77 bits per heavy atom. The highest BCUT2D eigenvalue weighted by Gasteiger charge is 2.07. The third-order valence-electron chi connectivity index (χ3n) is 1.41. The first-order valence-corrected chi connectivity index (χ1v) is 3.95. The SMILES string of the molecule is C#CCCCOC(=O)c1cc[nH]n1. The fraction of sp³-hybridized carbons (Fsp3) is 0.333. The molecule has 1 heterocycles. The van der Waals surface area contributed by atoms with E-state index < -0.39 is 5.97 Å². The van der Waals surface area contributed by atoms with Gasteiger partial charge in [0.1, 0.15) is 0 Å². The molecule has 0 radical (unpaired) electrons. The number of carbonyl (C=O) groups is 1. The number of terminal acetylenes is 1. The van der Waals surface area contributed by atoms with E-state index in [1.165, 1.54) is 0 Å². The molecule has 0 amide bonds. The van der Waals surface area contributed by atoms with E-state index in [0.717, 1.165) is 0 Å². The molecule has 68 valence electrons. The van der Waals surface area contributed by atoms with E-state index in [1.54, 1.807) is 12.3 Å². The molecule has 4 heteroatoms. The van der Waals surface area contributed by atoms with Crippen LogP contribution in [0.25, 0.3) is 0 Å². The summed E-state index contributed by atoms with van der Waals surface area (Å²) in [7, 11) is 0. The van der Waals surface area contributed by atoms with Gasteiger partial charge in [-0.3, -0.25) is 5.10 Å². The van der Waals surface area contributed by atoms with Crippen molar-refractivity contribution in [2.24, 2.45) is 0 Å². The minimum Gasteiger partial charge on any atom is -0.461 e. The maximum absolute atomic E-state index is 11.1. The van der Waals surface area contributed by atoms with Gasteiger partial charge in [0.2, 0.25) is 0 Å². The summed E-state index contributed by atoms with van der Waals surface area (Å²) < 4.78 is 4.87. The van der Waals surface area contributed by atoms with Gasteiger partial charge in [0.05, 0.1) is 6.61 Å². The van der Waals surface area contributed by atoms with Gasteiger partial charge in [-0.1, -0.05) is 0 Å². The van der Waals surface area contributed by atoms with Gasteiger partial charge in [-0.05, 0) is 12.5 Å². The molecule has 1 aromatic rings. The van der Waals surface area contributed by atoms with E-state index in [0.29, 0.717) is 25.1 Å². The van der Waals surface area contributed by atoms with Gasteiger partial charge in [0.25, 0.3) is 0 Å². The number of esters is 1. The van der Waals surface area contributed by atoms with Crippen LogP contribution in [0.5, 0.6) is 0 Å². The van der Waals surface area contributed by atoms with E-state index >= 15 is 0 Å². The predicted molar refractivity (Wildman–Crippen MR) is 46.9 cm³/mol. The van der Waals surface area contributed by atoms with Crippen LogP contribution >= 0.6 is 0 Å². The van der Waals surface area contributed by atoms with E-state index in [1.807, 2.05) is 0 Å². The number of nitrogens with one attached hydrogen (secondary N) is 1. The largest absolute Gasteiger partial charge is 0.461 e. The average molecular weight is 178 g/mol. The number of unbranched alkanes of at least 4 members (excludes halogenated alkanes) is 1. The average Bonchev–Trinajstić information content (AvgIpc) is 2.65. The summed E-state index contributed by atoms with van der Waals surface area (Å²) in [6.45, 7) is 0.343. The van der Waals surface area contributed by atoms with Gasteiger partial charge in [0.15, 0.2) is 5.69 Å². The van der Waals surface area contributed by atoms with Crippen LogP contribution in [0.1, 0.15) is 23.3 Å². The lowest BCUT2D eigenvalue weighted by Gasteiger charge is -1.99. The Labute approximate surface area is 76.3 Å². The number of aromatic amines is 1. The highest BCUT2D eigenvalue weighted by molar-refractivity contribution is 5.86. The van der Waals surface area contributed by atoms with Crippen LogP contribution in [-0.4, -0.2) is 22.8 Å². The normalized spacial score (nSPS) is 9.15. The number of nitrogens with zero attached hydrogens (tertiary/aromatic N) is 1. The summed E-state index contributed by atoms with van der Waals surface area (Å²) in [4.78, 5) is 11.1. The van der Waals surface area contributed by atoms with E-state index in [-0.39, 0.29) is 0 Å². The maximum atomic E-state index is 11.1. The summed E-state index contributed by atoms with van der Waals surface area (Å²) in [5.41, 5.74) is 0.292. The first-order valence-electron chi connectivity index (χ1n) is 3.95. The Balaban J connectivity index is 2.24. The molecule has 1 rings (SSSR count). The van der Waals surface area contributed by atoms with Crippen molar-refractivity contribution in [2.45, 2.75) is 12.8 Å². The maximum Gasteiger partial charge on any atom is 0.358 e. The molecular weight excluding hydrogens is 168 g/mol. The van der Waals surface area contributed by atoms with Crippen molar-refractivity contribution in [3.05, 3.63) is 18.0 Å². The molecule has 0 saturated heterocycles. The van der Waals surface area contributed by atoms with Crippen LogP contribution in [-0.2, 0) is 4.74 Å². The molecule has 0 fully saturated rings. The molecular formula is C9H10N2O2. The van der Waals surface area contributed by atoms with Gasteiger partial charge in [-0.2, -0.15) is 5.10 Å². The standard InChI is InChI=1S/C9H10N2O2/c1-2-3-4-7-13-9(12)8-5-6-10-11-8/h1,5-6H,3-4,7H2,(H,10,11). The highest BCUT2D eigenvalue weighted by atomic mass is 16.5. The molecule has 0 bridgehead atoms. The van der Waals surface area contributed by atoms with Crippen molar-refractivity contribution in [2.75, 3.05) is 6.61 Å². The fourth-order valence-corrected chi connectivity index (χ4v) is 0.787. The lowest BCUT2D eigenvalue weighted by molar-refractivity contribution is 0.0495. The second-order valence-electron chi connectivity index (χ2n) is 2.40. The molecule has 13 heavy (non-hydrogen) atoms. The van der Waals surface area contributed by atoms with Crippen LogP contribution in [0.15, 0.2) is 12.3 Å². The zero-order valence-corrected chi connectivity index (χ0v) is 7.12. The zero-order chi connectivity index (χ0) is 9.52. The topological polar surface area (TPSA) is 55.0 Å². The number of carbonyl (C=O) groups excluding carboxylic acids is 1. The molecule has 4 nitrogen and oxygen atoms in total. The van der Waals surface area contributed by atoms with Crippen LogP contribution < -0.4 is 0 Å². The quantitative estimate of drug-likeness (QED) is 0.425. The van der Waals surface area contributed by atoms with E-state index in [2.05, 4.69) is 16.1 Å². The molecule has 0 atom stereocenters. The smallest absolute Gasteiger partial charge is 0.358 e. The van der Waals surface area contributed by atoms with Gasteiger partial charge in [-0.15, -0.1) is 12.3 Å². The van der Waals surface area contributed by atoms with Crippen molar-refractivity contribution in [3.8, 4) is 12.3 Å². The lowest BCUT2D eigenvalue weighted by atomic mass is 10.3. The molecule has 1 aromatic heterocycles. The zero-order valence-electron chi connectivity index (χ0n) is 7.12. The van der Waals surface area contributed by atoms with Gasteiger partial charge >= 0.3 is 5.97 Å². The second-order valence-corrected chi connectivity index (χ2v) is 2.40. The van der Waals surface area contributed by atoms with Gasteiger partial charge in [-0.25, -0.2) is 4.79 Å². The van der Waals surface area contributed by atoms with Crippen molar-refractivity contribution in [1.82, 2.24) is 10.2 Å². The monoisotopic (exact) mass is 178 g/mol. The Bertz CT molecular complexity index is 298. The molecule has 0 spiro atoms. The van der Waals surface area contributed by atoms with Crippen molar-refractivity contribution < 1.29 is 9.53 Å². The number of H-pyrrole nitrogens is 1.